The maximum atomic E-state index is 12.1. The van der Waals surface area contributed by atoms with Gasteiger partial charge in [-0.1, -0.05) is 35.5 Å². The summed E-state index contributed by atoms with van der Waals surface area (Å²) in [6.45, 7) is 1.83. The van der Waals surface area contributed by atoms with Crippen molar-refractivity contribution in [3.8, 4) is 0 Å². The molecule has 0 saturated carbocycles. The molecule has 20 heavy (non-hydrogen) atoms. The average molecular weight is 372 g/mol. The third kappa shape index (κ3) is 4.23. The Morgan fingerprint density at radius 3 is 2.75 bits per heavy atom. The highest BCUT2D eigenvalue weighted by Crippen LogP contribution is 2.25. The molecule has 0 aliphatic heterocycles. The summed E-state index contributed by atoms with van der Waals surface area (Å²) >= 11 is 10.7. The van der Waals surface area contributed by atoms with Crippen molar-refractivity contribution in [1.82, 2.24) is 4.98 Å². The second kappa shape index (κ2) is 7.11. The van der Waals surface area contributed by atoms with Crippen molar-refractivity contribution in [1.29, 1.82) is 0 Å². The van der Waals surface area contributed by atoms with Gasteiger partial charge in [0, 0.05) is 10.7 Å². The van der Waals surface area contributed by atoms with Gasteiger partial charge in [0.1, 0.15) is 0 Å². The summed E-state index contributed by atoms with van der Waals surface area (Å²) in [5.74, 6) is -0.104. The van der Waals surface area contributed by atoms with E-state index in [2.05, 4.69) is 26.2 Å². The van der Waals surface area contributed by atoms with E-state index in [0.29, 0.717) is 10.7 Å². The van der Waals surface area contributed by atoms with Gasteiger partial charge < -0.3 is 5.32 Å². The van der Waals surface area contributed by atoms with Crippen molar-refractivity contribution in [2.24, 2.45) is 0 Å². The Balaban J connectivity index is 1.99. The first-order chi connectivity index (χ1) is 9.56. The number of anilines is 1. The maximum absolute atomic E-state index is 12.1. The highest BCUT2D eigenvalue weighted by molar-refractivity contribution is 9.10. The lowest BCUT2D eigenvalue weighted by Crippen LogP contribution is -2.22. The molecule has 1 N–H and O–H groups in total. The van der Waals surface area contributed by atoms with Crippen molar-refractivity contribution in [2.75, 3.05) is 5.32 Å². The van der Waals surface area contributed by atoms with Gasteiger partial charge in [-0.3, -0.25) is 4.79 Å². The first-order valence-corrected chi connectivity index (χ1v) is 7.95. The molecule has 1 heterocycles. The fraction of sp³-hybridized carbons (Fsp3) is 0.143. The minimum atomic E-state index is -0.264. The first kappa shape index (κ1) is 15.4. The summed E-state index contributed by atoms with van der Waals surface area (Å²) in [6, 6.07) is 10.9. The zero-order chi connectivity index (χ0) is 14.5. The summed E-state index contributed by atoms with van der Waals surface area (Å²) in [6.07, 6.45) is 1.71. The van der Waals surface area contributed by atoms with Crippen LogP contribution in [0.25, 0.3) is 0 Å². The van der Waals surface area contributed by atoms with Crippen molar-refractivity contribution in [2.45, 2.75) is 17.2 Å². The summed E-state index contributed by atoms with van der Waals surface area (Å²) < 4.78 is 0.912. The third-order valence-electron chi connectivity index (χ3n) is 2.50. The number of carbonyl (C=O) groups excluding carboxylic acids is 1. The fourth-order valence-corrected chi connectivity index (χ4v) is 2.67. The fourth-order valence-electron chi connectivity index (χ4n) is 1.46. The number of pyridine rings is 1. The zero-order valence-electron chi connectivity index (χ0n) is 10.6. The third-order valence-corrected chi connectivity index (χ3v) is 4.35. The number of amides is 1. The largest absolute Gasteiger partial charge is 0.324 e. The van der Waals surface area contributed by atoms with E-state index in [9.17, 15) is 4.79 Å². The van der Waals surface area contributed by atoms with Crippen LogP contribution in [-0.4, -0.2) is 16.1 Å². The van der Waals surface area contributed by atoms with Gasteiger partial charge in [0.15, 0.2) is 0 Å². The molecule has 1 unspecified atom stereocenters. The molecule has 2 aromatic rings. The Kier molecular flexibility index (Phi) is 5.46. The molecule has 1 amide bonds. The zero-order valence-corrected chi connectivity index (χ0v) is 13.8. The van der Waals surface area contributed by atoms with E-state index in [1.165, 1.54) is 11.8 Å². The highest BCUT2D eigenvalue weighted by Gasteiger charge is 2.16. The molecule has 0 bridgehead atoms. The molecule has 1 atom stereocenters. The summed E-state index contributed by atoms with van der Waals surface area (Å²) in [5.41, 5.74) is 0.621. The van der Waals surface area contributed by atoms with E-state index in [1.54, 1.807) is 18.3 Å². The van der Waals surface area contributed by atoms with E-state index in [4.69, 9.17) is 11.6 Å². The van der Waals surface area contributed by atoms with Gasteiger partial charge in [0.05, 0.1) is 21.0 Å². The number of nitrogens with one attached hydrogen (secondary N) is 1. The van der Waals surface area contributed by atoms with E-state index in [1.807, 2.05) is 31.2 Å². The Morgan fingerprint density at radius 2 is 2.10 bits per heavy atom. The topological polar surface area (TPSA) is 42.0 Å². The van der Waals surface area contributed by atoms with Crippen molar-refractivity contribution >= 4 is 50.9 Å². The van der Waals surface area contributed by atoms with Gasteiger partial charge in [-0.25, -0.2) is 4.98 Å². The normalized spacial score (nSPS) is 11.9. The summed E-state index contributed by atoms with van der Waals surface area (Å²) in [7, 11) is 0. The molecule has 6 heteroatoms. The lowest BCUT2D eigenvalue weighted by atomic mass is 10.3. The number of nitrogens with zero attached hydrogens (tertiary/aromatic N) is 1. The maximum Gasteiger partial charge on any atom is 0.237 e. The SMILES string of the molecule is CC(Sc1ccc(Br)cn1)C(=O)Nc1ccccc1Cl. The highest BCUT2D eigenvalue weighted by atomic mass is 79.9. The molecule has 2 rings (SSSR count). The molecule has 1 aromatic carbocycles. The molecule has 104 valence electrons. The smallest absolute Gasteiger partial charge is 0.237 e. The number of carbonyl (C=O) groups is 1. The number of rotatable bonds is 4. The number of halogens is 2. The van der Waals surface area contributed by atoms with Crippen molar-refractivity contribution in [3.05, 3.63) is 52.1 Å². The molecular formula is C14H12BrClN2OS. The minimum Gasteiger partial charge on any atom is -0.324 e. The van der Waals surface area contributed by atoms with Crippen LogP contribution in [0, 0.1) is 0 Å². The lowest BCUT2D eigenvalue weighted by molar-refractivity contribution is -0.115. The Hall–Kier alpha value is -1.04. The first-order valence-electron chi connectivity index (χ1n) is 5.90. The Morgan fingerprint density at radius 1 is 1.35 bits per heavy atom. The predicted octanol–water partition coefficient (Wildman–Crippen LogP) is 4.62. The quantitative estimate of drug-likeness (QED) is 0.798. The molecule has 1 aromatic heterocycles. The van der Waals surface area contributed by atoms with Crippen LogP contribution in [0.15, 0.2) is 52.1 Å². The van der Waals surface area contributed by atoms with Crippen LogP contribution in [0.4, 0.5) is 5.69 Å². The number of hydrogen-bond donors (Lipinski definition) is 1. The van der Waals surface area contributed by atoms with E-state index >= 15 is 0 Å². The van der Waals surface area contributed by atoms with Crippen LogP contribution in [0.3, 0.4) is 0 Å². The molecule has 0 saturated heterocycles. The van der Waals surface area contributed by atoms with Crippen LogP contribution >= 0.6 is 39.3 Å². The van der Waals surface area contributed by atoms with Gasteiger partial charge in [0.2, 0.25) is 5.91 Å². The van der Waals surface area contributed by atoms with E-state index < -0.39 is 0 Å². The van der Waals surface area contributed by atoms with Gasteiger partial charge in [-0.15, -0.1) is 0 Å². The number of para-hydroxylation sites is 1. The lowest BCUT2D eigenvalue weighted by Gasteiger charge is -2.12. The molecule has 0 aliphatic carbocycles. The molecule has 0 radical (unpaired) electrons. The van der Waals surface area contributed by atoms with Crippen LogP contribution < -0.4 is 5.32 Å². The number of aromatic nitrogens is 1. The van der Waals surface area contributed by atoms with E-state index in [-0.39, 0.29) is 11.2 Å². The second-order valence-electron chi connectivity index (χ2n) is 4.04. The number of hydrogen-bond acceptors (Lipinski definition) is 3. The minimum absolute atomic E-state index is 0.104. The van der Waals surface area contributed by atoms with Crippen LogP contribution in [0.1, 0.15) is 6.92 Å². The van der Waals surface area contributed by atoms with Crippen LogP contribution in [-0.2, 0) is 4.79 Å². The van der Waals surface area contributed by atoms with E-state index in [0.717, 1.165) is 9.50 Å². The molecule has 0 spiro atoms. The second-order valence-corrected chi connectivity index (χ2v) is 6.73. The summed E-state index contributed by atoms with van der Waals surface area (Å²) in [5, 5.41) is 3.88. The standard InChI is InChI=1S/C14H12BrClN2OS/c1-9(20-13-7-6-10(15)8-17-13)14(19)18-12-5-3-2-4-11(12)16/h2-9H,1H3,(H,18,19). The Labute approximate surface area is 135 Å². The van der Waals surface area contributed by atoms with Gasteiger partial charge in [-0.05, 0) is 47.1 Å². The molecule has 0 aliphatic rings. The number of thioether (sulfide) groups is 1. The monoisotopic (exact) mass is 370 g/mol. The number of benzene rings is 1. The molecular weight excluding hydrogens is 360 g/mol. The molecule has 3 nitrogen and oxygen atoms in total. The van der Waals surface area contributed by atoms with Crippen LogP contribution in [0.5, 0.6) is 0 Å². The van der Waals surface area contributed by atoms with Crippen LogP contribution in [0.2, 0.25) is 5.02 Å². The van der Waals surface area contributed by atoms with Crippen molar-refractivity contribution in [3.63, 3.8) is 0 Å². The van der Waals surface area contributed by atoms with Crippen molar-refractivity contribution < 1.29 is 4.79 Å². The van der Waals surface area contributed by atoms with Gasteiger partial charge >= 0.3 is 0 Å². The Bertz CT molecular complexity index is 606. The molecule has 0 fully saturated rings. The predicted molar refractivity (Wildman–Crippen MR) is 87.3 cm³/mol. The van der Waals surface area contributed by atoms with Gasteiger partial charge in [-0.2, -0.15) is 0 Å². The van der Waals surface area contributed by atoms with Gasteiger partial charge in [0.25, 0.3) is 0 Å². The summed E-state index contributed by atoms with van der Waals surface area (Å²) in [4.78, 5) is 16.3. The average Bonchev–Trinajstić information content (AvgIpc) is 2.44.